The van der Waals surface area contributed by atoms with Gasteiger partial charge in [-0.3, -0.25) is 4.90 Å². The van der Waals surface area contributed by atoms with Gasteiger partial charge in [-0.15, -0.1) is 0 Å². The van der Waals surface area contributed by atoms with Crippen molar-refractivity contribution in [2.75, 3.05) is 33.3 Å². The van der Waals surface area contributed by atoms with E-state index in [1.807, 2.05) is 17.9 Å². The third-order valence-electron chi connectivity index (χ3n) is 5.21. The first-order chi connectivity index (χ1) is 11.7. The van der Waals surface area contributed by atoms with Gasteiger partial charge in [-0.05, 0) is 44.2 Å². The van der Waals surface area contributed by atoms with Gasteiger partial charge in [0.1, 0.15) is 11.9 Å². The minimum atomic E-state index is -0.205. The number of para-hydroxylation sites is 1. The second-order valence-corrected chi connectivity index (χ2v) is 6.67. The maximum atomic E-state index is 11.8. The quantitative estimate of drug-likeness (QED) is 0.850. The van der Waals surface area contributed by atoms with Crippen molar-refractivity contribution in [3.8, 4) is 5.75 Å². The molecule has 0 bridgehead atoms. The van der Waals surface area contributed by atoms with Crippen LogP contribution in [0.25, 0.3) is 0 Å². The summed E-state index contributed by atoms with van der Waals surface area (Å²) in [5.74, 6) is 1.05. The molecule has 0 N–H and O–H groups in total. The number of aryl methyl sites for hydroxylation is 1. The van der Waals surface area contributed by atoms with E-state index in [0.29, 0.717) is 12.6 Å². The van der Waals surface area contributed by atoms with Gasteiger partial charge in [0, 0.05) is 32.2 Å². The highest BCUT2D eigenvalue weighted by atomic mass is 16.5. The lowest BCUT2D eigenvalue weighted by molar-refractivity contribution is 0.0614. The lowest BCUT2D eigenvalue weighted by atomic mass is 10.00. The summed E-state index contributed by atoms with van der Waals surface area (Å²) < 4.78 is 11.1. The zero-order chi connectivity index (χ0) is 16.9. The molecule has 0 aliphatic carbocycles. The smallest absolute Gasteiger partial charge is 0.409 e. The summed E-state index contributed by atoms with van der Waals surface area (Å²) in [7, 11) is 1.46. The van der Waals surface area contributed by atoms with E-state index in [-0.39, 0.29) is 12.2 Å². The molecule has 0 aromatic heterocycles. The zero-order valence-corrected chi connectivity index (χ0v) is 14.7. The van der Waals surface area contributed by atoms with E-state index >= 15 is 0 Å². The van der Waals surface area contributed by atoms with Gasteiger partial charge >= 0.3 is 6.09 Å². The fourth-order valence-electron chi connectivity index (χ4n) is 3.86. The van der Waals surface area contributed by atoms with Crippen molar-refractivity contribution in [2.24, 2.45) is 0 Å². The van der Waals surface area contributed by atoms with Crippen molar-refractivity contribution in [1.29, 1.82) is 0 Å². The van der Waals surface area contributed by atoms with E-state index in [1.165, 1.54) is 12.7 Å². The molecule has 1 aromatic rings. The van der Waals surface area contributed by atoms with Gasteiger partial charge in [0.25, 0.3) is 0 Å². The Morgan fingerprint density at radius 3 is 2.75 bits per heavy atom. The fourth-order valence-corrected chi connectivity index (χ4v) is 3.86. The van der Waals surface area contributed by atoms with E-state index in [9.17, 15) is 4.79 Å². The van der Waals surface area contributed by atoms with Crippen molar-refractivity contribution < 1.29 is 14.3 Å². The van der Waals surface area contributed by atoms with E-state index in [4.69, 9.17) is 9.47 Å². The first-order valence-corrected chi connectivity index (χ1v) is 9.02. The number of hydrogen-bond acceptors (Lipinski definition) is 4. The van der Waals surface area contributed by atoms with Gasteiger partial charge in [-0.25, -0.2) is 4.79 Å². The van der Waals surface area contributed by atoms with Crippen LogP contribution >= 0.6 is 0 Å². The lowest BCUT2D eigenvalue weighted by Crippen LogP contribution is -2.49. The molecule has 5 nitrogen and oxygen atoms in total. The Balaban J connectivity index is 1.49. The molecule has 1 aromatic carbocycles. The zero-order valence-electron chi connectivity index (χ0n) is 14.7. The number of likely N-dealkylation sites (tertiary alicyclic amines) is 1. The second-order valence-electron chi connectivity index (χ2n) is 6.67. The minimum Gasteiger partial charge on any atom is -0.489 e. The van der Waals surface area contributed by atoms with E-state index in [2.05, 4.69) is 23.1 Å². The van der Waals surface area contributed by atoms with Crippen LogP contribution < -0.4 is 4.74 Å². The standard InChI is InChI=1S/C19H28N2O3/c1-3-21(19(22)23-2)16-10-12-20(13-11-16)14-17-9-8-15-6-4-5-7-18(15)24-17/h4-7,16-17H,3,8-14H2,1-2H3. The molecule has 1 amide bonds. The topological polar surface area (TPSA) is 42.0 Å². The Hall–Kier alpha value is -1.75. The maximum absolute atomic E-state index is 11.8. The molecule has 2 aliphatic rings. The number of carbonyl (C=O) groups excluding carboxylic acids is 1. The highest BCUT2D eigenvalue weighted by molar-refractivity contribution is 5.67. The Kier molecular flexibility index (Phi) is 5.61. The molecule has 24 heavy (non-hydrogen) atoms. The second kappa shape index (κ2) is 7.88. The van der Waals surface area contributed by atoms with Gasteiger partial charge in [-0.2, -0.15) is 0 Å². The first kappa shape index (κ1) is 17.1. The van der Waals surface area contributed by atoms with Crippen molar-refractivity contribution >= 4 is 6.09 Å². The summed E-state index contributed by atoms with van der Waals surface area (Å²) >= 11 is 0. The van der Waals surface area contributed by atoms with Gasteiger partial charge in [0.05, 0.1) is 7.11 Å². The molecule has 1 atom stereocenters. The van der Waals surface area contributed by atoms with Crippen LogP contribution in [-0.4, -0.2) is 61.3 Å². The monoisotopic (exact) mass is 332 g/mol. The molecule has 1 saturated heterocycles. The van der Waals surface area contributed by atoms with Gasteiger partial charge < -0.3 is 14.4 Å². The summed E-state index contributed by atoms with van der Waals surface area (Å²) in [4.78, 5) is 16.2. The first-order valence-electron chi connectivity index (χ1n) is 9.02. The molecule has 0 spiro atoms. The van der Waals surface area contributed by atoms with Crippen LogP contribution in [-0.2, 0) is 11.2 Å². The molecular weight excluding hydrogens is 304 g/mol. The molecule has 1 fully saturated rings. The average Bonchev–Trinajstić information content (AvgIpc) is 2.63. The molecule has 132 valence electrons. The molecule has 3 rings (SSSR count). The third-order valence-corrected chi connectivity index (χ3v) is 5.21. The fraction of sp³-hybridized carbons (Fsp3) is 0.632. The largest absolute Gasteiger partial charge is 0.489 e. The average molecular weight is 332 g/mol. The molecule has 1 unspecified atom stereocenters. The number of fused-ring (bicyclic) bond motifs is 1. The summed E-state index contributed by atoms with van der Waals surface area (Å²) in [6.45, 7) is 5.72. The Morgan fingerprint density at radius 2 is 2.04 bits per heavy atom. The minimum absolute atomic E-state index is 0.205. The Morgan fingerprint density at radius 1 is 1.29 bits per heavy atom. The van der Waals surface area contributed by atoms with Crippen LogP contribution in [0.3, 0.4) is 0 Å². The molecular formula is C19H28N2O3. The normalized spacial score (nSPS) is 21.7. The number of piperidine rings is 1. The molecule has 2 heterocycles. The number of methoxy groups -OCH3 is 1. The SMILES string of the molecule is CCN(C(=O)OC)C1CCN(CC2CCc3ccccc3O2)CC1. The van der Waals surface area contributed by atoms with Crippen molar-refractivity contribution in [1.82, 2.24) is 9.80 Å². The van der Waals surface area contributed by atoms with Crippen LogP contribution in [0.2, 0.25) is 0 Å². The van der Waals surface area contributed by atoms with Crippen LogP contribution in [0.5, 0.6) is 5.75 Å². The van der Waals surface area contributed by atoms with Crippen LogP contribution in [0, 0.1) is 0 Å². The summed E-state index contributed by atoms with van der Waals surface area (Å²) in [5.41, 5.74) is 1.32. The van der Waals surface area contributed by atoms with Crippen LogP contribution in [0.15, 0.2) is 24.3 Å². The van der Waals surface area contributed by atoms with E-state index < -0.39 is 0 Å². The number of nitrogens with zero attached hydrogens (tertiary/aromatic N) is 2. The summed E-state index contributed by atoms with van der Waals surface area (Å²) in [6, 6.07) is 8.64. The predicted molar refractivity (Wildman–Crippen MR) is 93.4 cm³/mol. The summed E-state index contributed by atoms with van der Waals surface area (Å²) in [6.07, 6.45) is 4.27. The number of ether oxygens (including phenoxy) is 2. The molecule has 0 saturated carbocycles. The Labute approximate surface area is 144 Å². The summed E-state index contributed by atoms with van der Waals surface area (Å²) in [5, 5.41) is 0. The maximum Gasteiger partial charge on any atom is 0.409 e. The van der Waals surface area contributed by atoms with Gasteiger partial charge in [0.2, 0.25) is 0 Å². The number of rotatable bonds is 4. The predicted octanol–water partition coefficient (Wildman–Crippen LogP) is 2.93. The lowest BCUT2D eigenvalue weighted by Gasteiger charge is -2.39. The van der Waals surface area contributed by atoms with E-state index in [1.54, 1.807) is 0 Å². The highest BCUT2D eigenvalue weighted by Gasteiger charge is 2.29. The number of benzene rings is 1. The number of amides is 1. The van der Waals surface area contributed by atoms with Crippen LogP contribution in [0.4, 0.5) is 4.79 Å². The van der Waals surface area contributed by atoms with Gasteiger partial charge in [-0.1, -0.05) is 18.2 Å². The van der Waals surface area contributed by atoms with Crippen LogP contribution in [0.1, 0.15) is 31.7 Å². The molecule has 5 heteroatoms. The Bertz CT molecular complexity index is 555. The molecule has 2 aliphatic heterocycles. The number of carbonyl (C=O) groups is 1. The van der Waals surface area contributed by atoms with Gasteiger partial charge in [0.15, 0.2) is 0 Å². The van der Waals surface area contributed by atoms with Crippen molar-refractivity contribution in [2.45, 2.75) is 44.8 Å². The van der Waals surface area contributed by atoms with Crippen molar-refractivity contribution in [3.63, 3.8) is 0 Å². The highest BCUT2D eigenvalue weighted by Crippen LogP contribution is 2.28. The molecule has 0 radical (unpaired) electrons. The number of hydrogen-bond donors (Lipinski definition) is 0. The third kappa shape index (κ3) is 3.83. The van der Waals surface area contributed by atoms with E-state index in [0.717, 1.165) is 51.1 Å². The van der Waals surface area contributed by atoms with Crippen molar-refractivity contribution in [3.05, 3.63) is 29.8 Å².